The average Bonchev–Trinajstić information content (AvgIpc) is 2.56. The first kappa shape index (κ1) is 15.2. The lowest BCUT2D eigenvalue weighted by molar-refractivity contribution is 0.352. The minimum atomic E-state index is 0.680. The molecule has 1 N–H and O–H groups in total. The fraction of sp³-hybridized carbons (Fsp3) is 0.800. The van der Waals surface area contributed by atoms with Gasteiger partial charge in [-0.05, 0) is 50.3 Å². The maximum atomic E-state index is 4.41. The fourth-order valence-electron chi connectivity index (χ4n) is 2.19. The molecule has 0 spiro atoms. The number of nitrogens with zero attached hydrogens (tertiary/aromatic N) is 2. The van der Waals surface area contributed by atoms with E-state index in [0.717, 1.165) is 31.1 Å². The number of nitrogens with one attached hydrogen (secondary N) is 1. The second-order valence-electron chi connectivity index (χ2n) is 6.11. The summed E-state index contributed by atoms with van der Waals surface area (Å²) >= 11 is 0. The van der Waals surface area contributed by atoms with Crippen LogP contribution in [0.5, 0.6) is 0 Å². The number of aromatic nitrogens is 2. The molecule has 3 heteroatoms. The lowest BCUT2D eigenvalue weighted by Gasteiger charge is -2.21. The Hall–Kier alpha value is -0.830. The Morgan fingerprint density at radius 2 is 1.83 bits per heavy atom. The third-order valence-electron chi connectivity index (χ3n) is 3.62. The minimum Gasteiger partial charge on any atom is -0.316 e. The second kappa shape index (κ2) is 6.93. The molecular formula is C15H29N3. The van der Waals surface area contributed by atoms with Gasteiger partial charge in [0.15, 0.2) is 0 Å². The highest BCUT2D eigenvalue weighted by Gasteiger charge is 2.15. The van der Waals surface area contributed by atoms with Crippen molar-refractivity contribution >= 4 is 0 Å². The van der Waals surface area contributed by atoms with E-state index in [-0.39, 0.29) is 0 Å². The Bertz CT molecular complexity index is 355. The van der Waals surface area contributed by atoms with Gasteiger partial charge in [-0.25, -0.2) is 0 Å². The van der Waals surface area contributed by atoms with E-state index in [1.807, 2.05) is 11.7 Å². The number of rotatable bonds is 7. The Morgan fingerprint density at radius 1 is 1.17 bits per heavy atom. The van der Waals surface area contributed by atoms with E-state index in [1.165, 1.54) is 5.69 Å². The van der Waals surface area contributed by atoms with Gasteiger partial charge in [-0.2, -0.15) is 5.10 Å². The summed E-state index contributed by atoms with van der Waals surface area (Å²) in [5.74, 6) is 2.10. The molecule has 1 heterocycles. The monoisotopic (exact) mass is 251 g/mol. The third kappa shape index (κ3) is 4.81. The van der Waals surface area contributed by atoms with Crippen molar-refractivity contribution in [3.05, 3.63) is 17.5 Å². The van der Waals surface area contributed by atoms with Gasteiger partial charge in [0.25, 0.3) is 0 Å². The van der Waals surface area contributed by atoms with E-state index in [0.29, 0.717) is 11.8 Å². The molecule has 18 heavy (non-hydrogen) atoms. The van der Waals surface area contributed by atoms with Crippen molar-refractivity contribution in [2.75, 3.05) is 13.1 Å². The van der Waals surface area contributed by atoms with Crippen molar-refractivity contribution in [1.82, 2.24) is 15.1 Å². The Morgan fingerprint density at radius 3 is 2.33 bits per heavy atom. The Balaban J connectivity index is 2.39. The molecule has 0 bridgehead atoms. The first-order valence-electron chi connectivity index (χ1n) is 7.10. The number of hydrogen-bond acceptors (Lipinski definition) is 2. The van der Waals surface area contributed by atoms with Crippen LogP contribution in [0.4, 0.5) is 0 Å². The predicted molar refractivity (Wildman–Crippen MR) is 77.7 cm³/mol. The van der Waals surface area contributed by atoms with E-state index >= 15 is 0 Å². The molecule has 1 aromatic rings. The van der Waals surface area contributed by atoms with Gasteiger partial charge in [0, 0.05) is 12.7 Å². The Kier molecular flexibility index (Phi) is 5.86. The predicted octanol–water partition coefficient (Wildman–Crippen LogP) is 2.79. The lowest BCUT2D eigenvalue weighted by Crippen LogP contribution is -2.29. The van der Waals surface area contributed by atoms with Crippen molar-refractivity contribution in [3.8, 4) is 0 Å². The summed E-state index contributed by atoms with van der Waals surface area (Å²) < 4.78 is 2.01. The van der Waals surface area contributed by atoms with E-state index in [2.05, 4.69) is 51.1 Å². The van der Waals surface area contributed by atoms with Crippen molar-refractivity contribution in [1.29, 1.82) is 0 Å². The molecular weight excluding hydrogens is 222 g/mol. The molecule has 1 rings (SSSR count). The highest BCUT2D eigenvalue weighted by molar-refractivity contribution is 5.09. The maximum absolute atomic E-state index is 4.41. The van der Waals surface area contributed by atoms with Gasteiger partial charge in [0.2, 0.25) is 0 Å². The molecule has 2 atom stereocenters. The molecule has 3 nitrogen and oxygen atoms in total. The van der Waals surface area contributed by atoms with Crippen LogP contribution in [0.1, 0.15) is 39.1 Å². The number of aryl methyl sites for hydroxylation is 2. The molecule has 1 aromatic heterocycles. The zero-order chi connectivity index (χ0) is 13.7. The number of hydrogen-bond donors (Lipinski definition) is 1. The summed E-state index contributed by atoms with van der Waals surface area (Å²) in [7, 11) is 2.04. The van der Waals surface area contributed by atoms with Crippen LogP contribution in [0.3, 0.4) is 0 Å². The van der Waals surface area contributed by atoms with Gasteiger partial charge in [0.1, 0.15) is 0 Å². The SMILES string of the molecule is Cc1cc(CC(C)C(C)CNCC(C)C)n(C)n1. The topological polar surface area (TPSA) is 29.9 Å². The molecule has 0 radical (unpaired) electrons. The normalized spacial score (nSPS) is 15.1. The zero-order valence-electron chi connectivity index (χ0n) is 12.8. The molecule has 0 aliphatic heterocycles. The minimum absolute atomic E-state index is 0.680. The van der Waals surface area contributed by atoms with Crippen LogP contribution >= 0.6 is 0 Å². The first-order chi connectivity index (χ1) is 8.40. The van der Waals surface area contributed by atoms with Crippen LogP contribution in [-0.2, 0) is 13.5 Å². The van der Waals surface area contributed by atoms with E-state index in [1.54, 1.807) is 0 Å². The molecule has 0 saturated carbocycles. The maximum Gasteiger partial charge on any atom is 0.0596 e. The van der Waals surface area contributed by atoms with Gasteiger partial charge in [0.05, 0.1) is 5.69 Å². The van der Waals surface area contributed by atoms with Crippen LogP contribution in [0.2, 0.25) is 0 Å². The lowest BCUT2D eigenvalue weighted by atomic mass is 9.91. The van der Waals surface area contributed by atoms with Gasteiger partial charge in [-0.15, -0.1) is 0 Å². The molecule has 0 aromatic carbocycles. The van der Waals surface area contributed by atoms with Gasteiger partial charge < -0.3 is 5.32 Å². The molecule has 0 aliphatic rings. The first-order valence-corrected chi connectivity index (χ1v) is 7.10. The van der Waals surface area contributed by atoms with E-state index in [4.69, 9.17) is 0 Å². The highest BCUT2D eigenvalue weighted by atomic mass is 15.3. The van der Waals surface area contributed by atoms with Crippen LogP contribution in [0, 0.1) is 24.7 Å². The van der Waals surface area contributed by atoms with E-state index in [9.17, 15) is 0 Å². The van der Waals surface area contributed by atoms with Crippen LogP contribution < -0.4 is 5.32 Å². The van der Waals surface area contributed by atoms with E-state index < -0.39 is 0 Å². The average molecular weight is 251 g/mol. The highest BCUT2D eigenvalue weighted by Crippen LogP contribution is 2.17. The molecule has 104 valence electrons. The molecule has 0 fully saturated rings. The quantitative estimate of drug-likeness (QED) is 0.807. The Labute approximate surface area is 112 Å². The smallest absolute Gasteiger partial charge is 0.0596 e. The molecule has 2 unspecified atom stereocenters. The standard InChI is InChI=1S/C15H29N3/c1-11(2)9-16-10-13(4)12(3)7-15-8-14(5)17-18(15)6/h8,11-13,16H,7,9-10H2,1-6H3. The van der Waals surface area contributed by atoms with Crippen molar-refractivity contribution in [2.24, 2.45) is 24.8 Å². The largest absolute Gasteiger partial charge is 0.316 e. The summed E-state index contributed by atoms with van der Waals surface area (Å²) in [6.07, 6.45) is 1.11. The van der Waals surface area contributed by atoms with Crippen molar-refractivity contribution < 1.29 is 0 Å². The van der Waals surface area contributed by atoms with Crippen molar-refractivity contribution in [2.45, 2.75) is 41.0 Å². The molecule has 0 amide bonds. The van der Waals surface area contributed by atoms with Crippen LogP contribution in [-0.4, -0.2) is 22.9 Å². The summed E-state index contributed by atoms with van der Waals surface area (Å²) in [5.41, 5.74) is 2.46. The summed E-state index contributed by atoms with van der Waals surface area (Å²) in [6, 6.07) is 2.20. The fourth-order valence-corrected chi connectivity index (χ4v) is 2.19. The summed E-state index contributed by atoms with van der Waals surface area (Å²) in [4.78, 5) is 0. The third-order valence-corrected chi connectivity index (χ3v) is 3.62. The van der Waals surface area contributed by atoms with Crippen molar-refractivity contribution in [3.63, 3.8) is 0 Å². The molecule has 0 saturated heterocycles. The van der Waals surface area contributed by atoms with Crippen LogP contribution in [0.25, 0.3) is 0 Å². The molecule has 0 aliphatic carbocycles. The van der Waals surface area contributed by atoms with Crippen LogP contribution in [0.15, 0.2) is 6.07 Å². The summed E-state index contributed by atoms with van der Waals surface area (Å²) in [5, 5.41) is 7.96. The van der Waals surface area contributed by atoms with Gasteiger partial charge in [-0.1, -0.05) is 27.7 Å². The van der Waals surface area contributed by atoms with Gasteiger partial charge >= 0.3 is 0 Å². The van der Waals surface area contributed by atoms with Gasteiger partial charge in [-0.3, -0.25) is 4.68 Å². The zero-order valence-corrected chi connectivity index (χ0v) is 12.8. The second-order valence-corrected chi connectivity index (χ2v) is 6.11. The summed E-state index contributed by atoms with van der Waals surface area (Å²) in [6.45, 7) is 13.4.